The summed E-state index contributed by atoms with van der Waals surface area (Å²) in [7, 11) is 0. The highest BCUT2D eigenvalue weighted by atomic mass is 16.5. The number of nitrogens with zero attached hydrogens (tertiary/aromatic N) is 2. The van der Waals surface area contributed by atoms with Gasteiger partial charge in [-0.15, -0.1) is 0 Å². The number of benzene rings is 2. The van der Waals surface area contributed by atoms with Crippen molar-refractivity contribution in [2.24, 2.45) is 22.4 Å². The summed E-state index contributed by atoms with van der Waals surface area (Å²) < 4.78 is 5.74. The second-order valence-corrected chi connectivity index (χ2v) is 6.97. The highest BCUT2D eigenvalue weighted by molar-refractivity contribution is 5.99. The average Bonchev–Trinajstić information content (AvgIpc) is 2.65. The Hall–Kier alpha value is -3.55. The van der Waals surface area contributed by atoms with Gasteiger partial charge in [-0.1, -0.05) is 36.4 Å². The second kappa shape index (κ2) is 8.64. The summed E-state index contributed by atoms with van der Waals surface area (Å²) in [5.74, 6) is -1.36. The molecule has 5 N–H and O–H groups in total. The van der Waals surface area contributed by atoms with Gasteiger partial charge in [-0.05, 0) is 30.5 Å². The Bertz CT molecular complexity index is 926. The Labute approximate surface area is 168 Å². The van der Waals surface area contributed by atoms with Crippen LogP contribution in [-0.2, 0) is 22.6 Å². The molecule has 0 fully saturated rings. The summed E-state index contributed by atoms with van der Waals surface area (Å²) >= 11 is 0. The van der Waals surface area contributed by atoms with Crippen LogP contribution in [0.15, 0.2) is 53.5 Å². The maximum absolute atomic E-state index is 13.1. The monoisotopic (exact) mass is 396 g/mol. The lowest BCUT2D eigenvalue weighted by Crippen LogP contribution is -2.41. The van der Waals surface area contributed by atoms with Crippen LogP contribution in [0.3, 0.4) is 0 Å². The molecule has 0 saturated heterocycles. The van der Waals surface area contributed by atoms with Crippen molar-refractivity contribution < 1.29 is 19.4 Å². The van der Waals surface area contributed by atoms with Crippen molar-refractivity contribution in [3.8, 4) is 5.75 Å². The number of hydrogen-bond donors (Lipinski definition) is 3. The Kier molecular flexibility index (Phi) is 6.01. The van der Waals surface area contributed by atoms with E-state index in [2.05, 4.69) is 4.99 Å². The minimum Gasteiger partial charge on any atom is -0.481 e. The number of fused-ring (bicyclic) bond motifs is 1. The number of anilines is 1. The van der Waals surface area contributed by atoms with Crippen LogP contribution < -0.4 is 21.1 Å². The molecule has 8 heteroatoms. The largest absolute Gasteiger partial charge is 0.481 e. The number of ether oxygens (including phenoxy) is 1. The van der Waals surface area contributed by atoms with Gasteiger partial charge in [-0.3, -0.25) is 9.59 Å². The molecule has 0 radical (unpaired) electrons. The number of carboxylic acids is 1. The molecule has 0 aliphatic carbocycles. The van der Waals surface area contributed by atoms with E-state index in [1.165, 1.54) is 0 Å². The van der Waals surface area contributed by atoms with Gasteiger partial charge in [0, 0.05) is 6.07 Å². The maximum atomic E-state index is 13.1. The third-order valence-corrected chi connectivity index (χ3v) is 4.67. The number of nitrogens with two attached hydrogens (primary N) is 2. The second-order valence-electron chi connectivity index (χ2n) is 6.97. The quantitative estimate of drug-likeness (QED) is 0.484. The number of rotatable bonds is 7. The Balaban J connectivity index is 1.94. The zero-order chi connectivity index (χ0) is 21.0. The predicted molar refractivity (Wildman–Crippen MR) is 109 cm³/mol. The normalized spacial score (nSPS) is 16.7. The van der Waals surface area contributed by atoms with E-state index < -0.39 is 18.1 Å². The summed E-state index contributed by atoms with van der Waals surface area (Å²) in [6.07, 6.45) is -0.418. The molecule has 0 bridgehead atoms. The maximum Gasteiger partial charge on any atom is 0.304 e. The van der Waals surface area contributed by atoms with Gasteiger partial charge in [0.1, 0.15) is 5.75 Å². The highest BCUT2D eigenvalue weighted by Gasteiger charge is 2.34. The Morgan fingerprint density at radius 3 is 2.66 bits per heavy atom. The van der Waals surface area contributed by atoms with Crippen molar-refractivity contribution in [1.29, 1.82) is 0 Å². The molecule has 8 nitrogen and oxygen atoms in total. The third-order valence-electron chi connectivity index (χ3n) is 4.67. The molecule has 3 rings (SSSR count). The van der Waals surface area contributed by atoms with Gasteiger partial charge in [0.25, 0.3) is 0 Å². The van der Waals surface area contributed by atoms with Gasteiger partial charge in [0.2, 0.25) is 5.91 Å². The van der Waals surface area contributed by atoms with E-state index >= 15 is 0 Å². The lowest BCUT2D eigenvalue weighted by atomic mass is 9.89. The SMILES string of the molecule is CC(N=C(N)N)Oc1ccc2c(c1)N(Cc1ccccc1)C(=O)C(CC(=O)O)C2. The molecule has 1 aliphatic heterocycles. The fourth-order valence-corrected chi connectivity index (χ4v) is 3.47. The third kappa shape index (κ3) is 5.04. The standard InChI is InChI=1S/C21H24N4O4/c1-13(24-21(22)23)29-17-8-7-15-9-16(10-19(26)27)20(28)25(18(15)11-17)12-14-5-3-2-4-6-14/h2-8,11,13,16H,9-10,12H2,1H3,(H,26,27)(H4,22,23,24). The number of aliphatic imine (C=N–C) groups is 1. The van der Waals surface area contributed by atoms with Crippen LogP contribution in [0, 0.1) is 5.92 Å². The zero-order valence-corrected chi connectivity index (χ0v) is 16.1. The summed E-state index contributed by atoms with van der Waals surface area (Å²) in [6.45, 7) is 2.05. The summed E-state index contributed by atoms with van der Waals surface area (Å²) in [4.78, 5) is 29.9. The van der Waals surface area contributed by atoms with Crippen LogP contribution in [0.5, 0.6) is 5.75 Å². The van der Waals surface area contributed by atoms with E-state index in [0.29, 0.717) is 24.4 Å². The molecule has 29 heavy (non-hydrogen) atoms. The van der Waals surface area contributed by atoms with E-state index in [-0.39, 0.29) is 18.3 Å². The van der Waals surface area contributed by atoms with E-state index in [1.807, 2.05) is 36.4 Å². The van der Waals surface area contributed by atoms with Crippen LogP contribution in [0.4, 0.5) is 5.69 Å². The number of hydrogen-bond acceptors (Lipinski definition) is 4. The van der Waals surface area contributed by atoms with Crippen molar-refractivity contribution in [3.63, 3.8) is 0 Å². The van der Waals surface area contributed by atoms with Gasteiger partial charge in [0.05, 0.1) is 24.6 Å². The first-order valence-corrected chi connectivity index (χ1v) is 9.29. The summed E-state index contributed by atoms with van der Waals surface area (Å²) in [5.41, 5.74) is 13.3. The van der Waals surface area contributed by atoms with Crippen LogP contribution in [0.25, 0.3) is 0 Å². The lowest BCUT2D eigenvalue weighted by Gasteiger charge is -2.34. The van der Waals surface area contributed by atoms with Crippen LogP contribution in [0.2, 0.25) is 0 Å². The van der Waals surface area contributed by atoms with Gasteiger partial charge < -0.3 is 26.2 Å². The first-order chi connectivity index (χ1) is 13.8. The van der Waals surface area contributed by atoms with Gasteiger partial charge in [0.15, 0.2) is 12.2 Å². The molecule has 1 heterocycles. The van der Waals surface area contributed by atoms with E-state index in [0.717, 1.165) is 11.1 Å². The highest BCUT2D eigenvalue weighted by Crippen LogP contribution is 2.36. The van der Waals surface area contributed by atoms with E-state index in [9.17, 15) is 14.7 Å². The number of carbonyl (C=O) groups is 2. The summed E-state index contributed by atoms with van der Waals surface area (Å²) in [6, 6.07) is 14.9. The van der Waals surface area contributed by atoms with Crippen molar-refractivity contribution in [1.82, 2.24) is 0 Å². The molecule has 2 aromatic carbocycles. The number of carbonyl (C=O) groups excluding carboxylic acids is 1. The number of amides is 1. The molecule has 152 valence electrons. The predicted octanol–water partition coefficient (Wildman–Crippen LogP) is 1.86. The first-order valence-electron chi connectivity index (χ1n) is 9.29. The number of guanidine groups is 1. The van der Waals surface area contributed by atoms with Gasteiger partial charge >= 0.3 is 5.97 Å². The topological polar surface area (TPSA) is 131 Å². The summed E-state index contributed by atoms with van der Waals surface area (Å²) in [5, 5.41) is 9.20. The molecule has 2 unspecified atom stereocenters. The molecule has 0 spiro atoms. The molecule has 2 atom stereocenters. The van der Waals surface area contributed by atoms with Crippen LogP contribution >= 0.6 is 0 Å². The zero-order valence-electron chi connectivity index (χ0n) is 16.1. The first kappa shape index (κ1) is 20.2. The fourth-order valence-electron chi connectivity index (χ4n) is 3.47. The minimum atomic E-state index is -0.988. The van der Waals surface area contributed by atoms with Crippen molar-refractivity contribution in [2.45, 2.75) is 32.5 Å². The smallest absolute Gasteiger partial charge is 0.304 e. The average molecular weight is 396 g/mol. The fraction of sp³-hybridized carbons (Fsp3) is 0.286. The Morgan fingerprint density at radius 1 is 1.28 bits per heavy atom. The molecule has 1 aliphatic rings. The minimum absolute atomic E-state index is 0.0761. The molecule has 1 amide bonds. The van der Waals surface area contributed by atoms with Crippen molar-refractivity contribution in [3.05, 3.63) is 59.7 Å². The Morgan fingerprint density at radius 2 is 2.00 bits per heavy atom. The van der Waals surface area contributed by atoms with Crippen molar-refractivity contribution in [2.75, 3.05) is 4.90 Å². The lowest BCUT2D eigenvalue weighted by molar-refractivity contribution is -0.140. The number of aliphatic carboxylic acids is 1. The number of carboxylic acid groups (broad SMARTS) is 1. The van der Waals surface area contributed by atoms with Crippen molar-refractivity contribution >= 4 is 23.5 Å². The molecular formula is C21H24N4O4. The molecule has 2 aromatic rings. The van der Waals surface area contributed by atoms with Crippen LogP contribution in [0.1, 0.15) is 24.5 Å². The van der Waals surface area contributed by atoms with E-state index in [1.54, 1.807) is 24.0 Å². The van der Waals surface area contributed by atoms with Gasteiger partial charge in [-0.25, -0.2) is 4.99 Å². The van der Waals surface area contributed by atoms with E-state index in [4.69, 9.17) is 16.2 Å². The van der Waals surface area contributed by atoms with Gasteiger partial charge in [-0.2, -0.15) is 0 Å². The molecular weight excluding hydrogens is 372 g/mol. The van der Waals surface area contributed by atoms with Crippen LogP contribution in [-0.4, -0.2) is 29.2 Å². The molecule has 0 saturated carbocycles. The molecule has 0 aromatic heterocycles.